The van der Waals surface area contributed by atoms with Crippen LogP contribution in [0.3, 0.4) is 0 Å². The summed E-state index contributed by atoms with van der Waals surface area (Å²) < 4.78 is 4.68. The van der Waals surface area contributed by atoms with Crippen molar-refractivity contribution in [1.82, 2.24) is 0 Å². The van der Waals surface area contributed by atoms with E-state index in [0.717, 1.165) is 0 Å². The highest BCUT2D eigenvalue weighted by molar-refractivity contribution is 5.95. The zero-order valence-electron chi connectivity index (χ0n) is 11.3. The molecule has 0 spiro atoms. The molecule has 2 N–H and O–H groups in total. The molecule has 0 heterocycles. The Bertz CT molecular complexity index is 457. The molecule has 0 aliphatic rings. The van der Waals surface area contributed by atoms with Gasteiger partial charge in [0.1, 0.15) is 0 Å². The minimum absolute atomic E-state index is 0.00953. The van der Waals surface area contributed by atoms with Crippen molar-refractivity contribution < 1.29 is 19.4 Å². The molecule has 0 saturated heterocycles. The van der Waals surface area contributed by atoms with Crippen LogP contribution >= 0.6 is 0 Å². The molecule has 1 aromatic carbocycles. The van der Waals surface area contributed by atoms with E-state index in [0.29, 0.717) is 11.3 Å². The standard InChI is InChI=1S/C14H19NO4/c1-9(2)11(13(16)17)8-15-12-7-5-4-6-10(12)14(18)19-3/h4-7,9,11,15H,8H2,1-3H3,(H,16,17). The summed E-state index contributed by atoms with van der Waals surface area (Å²) in [5.41, 5.74) is 0.985. The second-order valence-electron chi connectivity index (χ2n) is 4.61. The summed E-state index contributed by atoms with van der Waals surface area (Å²) in [4.78, 5) is 22.7. The van der Waals surface area contributed by atoms with Crippen LogP contribution in [0.4, 0.5) is 5.69 Å². The van der Waals surface area contributed by atoms with Gasteiger partial charge >= 0.3 is 11.9 Å². The smallest absolute Gasteiger partial charge is 0.339 e. The molecule has 0 bridgehead atoms. The predicted octanol–water partition coefficient (Wildman–Crippen LogP) is 2.24. The predicted molar refractivity (Wildman–Crippen MR) is 72.2 cm³/mol. The zero-order valence-corrected chi connectivity index (χ0v) is 11.3. The van der Waals surface area contributed by atoms with E-state index in [2.05, 4.69) is 10.1 Å². The third kappa shape index (κ3) is 3.98. The van der Waals surface area contributed by atoms with Crippen LogP contribution in [-0.4, -0.2) is 30.7 Å². The number of hydrogen-bond acceptors (Lipinski definition) is 4. The normalized spacial score (nSPS) is 12.0. The molecule has 0 aliphatic heterocycles. The Labute approximate surface area is 112 Å². The van der Waals surface area contributed by atoms with E-state index in [-0.39, 0.29) is 12.5 Å². The monoisotopic (exact) mass is 265 g/mol. The Kier molecular flexibility index (Phi) is 5.36. The topological polar surface area (TPSA) is 75.6 Å². The Hall–Kier alpha value is -2.04. The Morgan fingerprint density at radius 3 is 2.47 bits per heavy atom. The number of benzene rings is 1. The van der Waals surface area contributed by atoms with Crippen molar-refractivity contribution >= 4 is 17.6 Å². The number of carboxylic acids is 1. The number of carbonyl (C=O) groups excluding carboxylic acids is 1. The minimum Gasteiger partial charge on any atom is -0.481 e. The first-order valence-corrected chi connectivity index (χ1v) is 6.11. The van der Waals surface area contributed by atoms with Crippen molar-refractivity contribution in [2.75, 3.05) is 19.0 Å². The molecule has 5 heteroatoms. The molecule has 0 fully saturated rings. The maximum Gasteiger partial charge on any atom is 0.339 e. The molecule has 0 aliphatic carbocycles. The fraction of sp³-hybridized carbons (Fsp3) is 0.429. The Balaban J connectivity index is 2.82. The van der Waals surface area contributed by atoms with Gasteiger partial charge in [-0.2, -0.15) is 0 Å². The molecule has 5 nitrogen and oxygen atoms in total. The number of rotatable bonds is 6. The van der Waals surface area contributed by atoms with Crippen molar-refractivity contribution in [3.63, 3.8) is 0 Å². The van der Waals surface area contributed by atoms with Gasteiger partial charge in [0.2, 0.25) is 0 Å². The third-order valence-electron chi connectivity index (χ3n) is 2.97. The number of aliphatic carboxylic acids is 1. The quantitative estimate of drug-likeness (QED) is 0.771. The fourth-order valence-corrected chi connectivity index (χ4v) is 1.75. The highest BCUT2D eigenvalue weighted by Crippen LogP contribution is 2.18. The highest BCUT2D eigenvalue weighted by Gasteiger charge is 2.22. The average Bonchev–Trinajstić information content (AvgIpc) is 2.37. The number of nitrogens with one attached hydrogen (secondary N) is 1. The molecule has 104 valence electrons. The van der Waals surface area contributed by atoms with Crippen LogP contribution in [0.15, 0.2) is 24.3 Å². The lowest BCUT2D eigenvalue weighted by atomic mass is 9.96. The first-order valence-electron chi connectivity index (χ1n) is 6.11. The molecule has 0 aromatic heterocycles. The number of hydrogen-bond donors (Lipinski definition) is 2. The second-order valence-corrected chi connectivity index (χ2v) is 4.61. The summed E-state index contributed by atoms with van der Waals surface area (Å²) in [6.07, 6.45) is 0. The SMILES string of the molecule is COC(=O)c1ccccc1NCC(C(=O)O)C(C)C. The van der Waals surface area contributed by atoms with Crippen molar-refractivity contribution in [1.29, 1.82) is 0 Å². The number of anilines is 1. The van der Waals surface area contributed by atoms with E-state index in [1.807, 2.05) is 13.8 Å². The molecule has 1 atom stereocenters. The van der Waals surface area contributed by atoms with E-state index < -0.39 is 17.9 Å². The number of para-hydroxylation sites is 1. The summed E-state index contributed by atoms with van der Waals surface area (Å²) in [6, 6.07) is 6.87. The summed E-state index contributed by atoms with van der Waals surface area (Å²) in [7, 11) is 1.31. The Morgan fingerprint density at radius 2 is 1.95 bits per heavy atom. The number of ether oxygens (including phenoxy) is 1. The molecule has 1 unspecified atom stereocenters. The number of methoxy groups -OCH3 is 1. The first kappa shape index (κ1) is 15.0. The summed E-state index contributed by atoms with van der Waals surface area (Å²) >= 11 is 0. The first-order chi connectivity index (χ1) is 8.97. The lowest BCUT2D eigenvalue weighted by Crippen LogP contribution is -2.28. The van der Waals surface area contributed by atoms with Gasteiger partial charge in [0, 0.05) is 12.2 Å². The largest absolute Gasteiger partial charge is 0.481 e. The molecule has 19 heavy (non-hydrogen) atoms. The van der Waals surface area contributed by atoms with Crippen molar-refractivity contribution in [2.24, 2.45) is 11.8 Å². The second kappa shape index (κ2) is 6.78. The van der Waals surface area contributed by atoms with Gasteiger partial charge in [-0.3, -0.25) is 4.79 Å². The summed E-state index contributed by atoms with van der Waals surface area (Å²) in [5.74, 6) is -1.79. The maximum absolute atomic E-state index is 11.6. The van der Waals surface area contributed by atoms with E-state index in [1.165, 1.54) is 7.11 Å². The molecule has 0 amide bonds. The number of carbonyl (C=O) groups is 2. The van der Waals surface area contributed by atoms with Gasteiger partial charge < -0.3 is 15.2 Å². The van der Waals surface area contributed by atoms with Crippen LogP contribution in [0, 0.1) is 11.8 Å². The lowest BCUT2D eigenvalue weighted by molar-refractivity contribution is -0.142. The van der Waals surface area contributed by atoms with Gasteiger partial charge in [0.25, 0.3) is 0 Å². The highest BCUT2D eigenvalue weighted by atomic mass is 16.5. The molecule has 0 saturated carbocycles. The summed E-state index contributed by atoms with van der Waals surface area (Å²) in [5, 5.41) is 12.1. The van der Waals surface area contributed by atoms with Crippen molar-refractivity contribution in [2.45, 2.75) is 13.8 Å². The minimum atomic E-state index is -0.849. The lowest BCUT2D eigenvalue weighted by Gasteiger charge is -2.18. The van der Waals surface area contributed by atoms with E-state index >= 15 is 0 Å². The van der Waals surface area contributed by atoms with Crippen LogP contribution in [0.1, 0.15) is 24.2 Å². The fourth-order valence-electron chi connectivity index (χ4n) is 1.75. The maximum atomic E-state index is 11.6. The Morgan fingerprint density at radius 1 is 1.32 bits per heavy atom. The van der Waals surface area contributed by atoms with Crippen molar-refractivity contribution in [3.8, 4) is 0 Å². The molecular formula is C14H19NO4. The molecule has 1 rings (SSSR count). The summed E-state index contributed by atoms with van der Waals surface area (Å²) in [6.45, 7) is 3.97. The van der Waals surface area contributed by atoms with E-state index in [1.54, 1.807) is 24.3 Å². The van der Waals surface area contributed by atoms with Crippen LogP contribution in [0.5, 0.6) is 0 Å². The van der Waals surface area contributed by atoms with Crippen molar-refractivity contribution in [3.05, 3.63) is 29.8 Å². The molecular weight excluding hydrogens is 246 g/mol. The third-order valence-corrected chi connectivity index (χ3v) is 2.97. The van der Waals surface area contributed by atoms with Crippen LogP contribution in [0.25, 0.3) is 0 Å². The van der Waals surface area contributed by atoms with Crippen LogP contribution < -0.4 is 5.32 Å². The van der Waals surface area contributed by atoms with Gasteiger partial charge in [-0.15, -0.1) is 0 Å². The van der Waals surface area contributed by atoms with Gasteiger partial charge in [0.15, 0.2) is 0 Å². The molecule has 0 radical (unpaired) electrons. The van der Waals surface area contributed by atoms with E-state index in [9.17, 15) is 9.59 Å². The van der Waals surface area contributed by atoms with Crippen LogP contribution in [0.2, 0.25) is 0 Å². The van der Waals surface area contributed by atoms with Gasteiger partial charge in [-0.05, 0) is 18.1 Å². The van der Waals surface area contributed by atoms with E-state index in [4.69, 9.17) is 5.11 Å². The van der Waals surface area contributed by atoms with Crippen LogP contribution in [-0.2, 0) is 9.53 Å². The van der Waals surface area contributed by atoms with Gasteiger partial charge in [-0.25, -0.2) is 4.79 Å². The average molecular weight is 265 g/mol. The van der Waals surface area contributed by atoms with Gasteiger partial charge in [0.05, 0.1) is 18.6 Å². The number of esters is 1. The van der Waals surface area contributed by atoms with Gasteiger partial charge in [-0.1, -0.05) is 26.0 Å². The zero-order chi connectivity index (χ0) is 14.4. The molecule has 1 aromatic rings. The number of carboxylic acid groups (broad SMARTS) is 1.